The van der Waals surface area contributed by atoms with Crippen molar-refractivity contribution >= 4 is 5.91 Å². The summed E-state index contributed by atoms with van der Waals surface area (Å²) >= 11 is 0. The Hall–Kier alpha value is -1.49. The summed E-state index contributed by atoms with van der Waals surface area (Å²) in [4.78, 5) is 14.6. The summed E-state index contributed by atoms with van der Waals surface area (Å²) in [6.07, 6.45) is 2.96. The van der Waals surface area contributed by atoms with Crippen molar-refractivity contribution in [2.45, 2.75) is 37.4 Å². The quantitative estimate of drug-likeness (QED) is 0.904. The SMILES string of the molecule is CC(F)(C(=O)NC1(CN2CCC2)CC1)c1cccc(F)c1. The third-order valence-electron chi connectivity index (χ3n) is 4.50. The van der Waals surface area contributed by atoms with Gasteiger partial charge in [-0.05, 0) is 51.4 Å². The van der Waals surface area contributed by atoms with Crippen LogP contribution < -0.4 is 5.32 Å². The molecule has 2 fully saturated rings. The number of amides is 1. The van der Waals surface area contributed by atoms with Gasteiger partial charge in [0.15, 0.2) is 0 Å². The average molecular weight is 294 g/mol. The number of likely N-dealkylation sites (tertiary alicyclic amines) is 1. The van der Waals surface area contributed by atoms with Gasteiger partial charge in [-0.3, -0.25) is 4.79 Å². The van der Waals surface area contributed by atoms with Crippen LogP contribution in [0.3, 0.4) is 0 Å². The Bertz CT molecular complexity index is 551. The number of nitrogens with one attached hydrogen (secondary N) is 1. The normalized spacial score (nSPS) is 23.0. The van der Waals surface area contributed by atoms with Crippen molar-refractivity contribution in [3.05, 3.63) is 35.6 Å². The molecule has 0 spiro atoms. The molecule has 1 aliphatic heterocycles. The van der Waals surface area contributed by atoms with Crippen molar-refractivity contribution in [2.24, 2.45) is 0 Å². The maximum absolute atomic E-state index is 14.8. The second kappa shape index (κ2) is 5.05. The monoisotopic (exact) mass is 294 g/mol. The zero-order valence-corrected chi connectivity index (χ0v) is 12.2. The number of carbonyl (C=O) groups excluding carboxylic acids is 1. The Morgan fingerprint density at radius 2 is 2.14 bits per heavy atom. The number of halogens is 2. The smallest absolute Gasteiger partial charge is 0.262 e. The molecule has 1 aromatic rings. The highest BCUT2D eigenvalue weighted by Crippen LogP contribution is 2.39. The van der Waals surface area contributed by atoms with Gasteiger partial charge >= 0.3 is 0 Å². The third kappa shape index (κ3) is 2.93. The van der Waals surface area contributed by atoms with E-state index in [9.17, 15) is 13.6 Å². The first-order valence-corrected chi connectivity index (χ1v) is 7.41. The minimum Gasteiger partial charge on any atom is -0.346 e. The van der Waals surface area contributed by atoms with Gasteiger partial charge in [0.05, 0.1) is 5.54 Å². The lowest BCUT2D eigenvalue weighted by molar-refractivity contribution is -0.133. The van der Waals surface area contributed by atoms with E-state index in [-0.39, 0.29) is 11.1 Å². The van der Waals surface area contributed by atoms with E-state index in [1.54, 1.807) is 0 Å². The maximum atomic E-state index is 14.8. The van der Waals surface area contributed by atoms with E-state index in [1.807, 2.05) is 0 Å². The molecule has 1 unspecified atom stereocenters. The molecule has 3 rings (SSSR count). The van der Waals surface area contributed by atoms with E-state index >= 15 is 0 Å². The van der Waals surface area contributed by atoms with Crippen LogP contribution in [-0.4, -0.2) is 36.0 Å². The summed E-state index contributed by atoms with van der Waals surface area (Å²) in [5.74, 6) is -1.21. The fourth-order valence-corrected chi connectivity index (χ4v) is 2.71. The van der Waals surface area contributed by atoms with Crippen LogP contribution in [0.4, 0.5) is 8.78 Å². The van der Waals surface area contributed by atoms with Crippen molar-refractivity contribution in [1.82, 2.24) is 10.2 Å². The van der Waals surface area contributed by atoms with Crippen molar-refractivity contribution in [3.63, 3.8) is 0 Å². The molecular weight excluding hydrogens is 274 g/mol. The second-order valence-electron chi connectivity index (χ2n) is 6.38. The highest BCUT2D eigenvalue weighted by molar-refractivity contribution is 5.87. The molecule has 0 aromatic heterocycles. The van der Waals surface area contributed by atoms with Crippen molar-refractivity contribution in [1.29, 1.82) is 0 Å². The van der Waals surface area contributed by atoms with E-state index < -0.39 is 17.4 Å². The summed E-state index contributed by atoms with van der Waals surface area (Å²) in [5.41, 5.74) is -2.44. The molecule has 1 saturated carbocycles. The Labute approximate surface area is 123 Å². The Kier molecular flexibility index (Phi) is 3.48. The molecular formula is C16H20F2N2O. The van der Waals surface area contributed by atoms with Crippen molar-refractivity contribution in [2.75, 3.05) is 19.6 Å². The predicted octanol–water partition coefficient (Wildman–Crippen LogP) is 2.36. The predicted molar refractivity (Wildman–Crippen MR) is 76.0 cm³/mol. The number of rotatable bonds is 5. The molecule has 3 nitrogen and oxygen atoms in total. The van der Waals surface area contributed by atoms with Crippen molar-refractivity contribution < 1.29 is 13.6 Å². The molecule has 0 bridgehead atoms. The van der Waals surface area contributed by atoms with Gasteiger partial charge in [0.2, 0.25) is 5.67 Å². The maximum Gasteiger partial charge on any atom is 0.262 e. The molecule has 1 heterocycles. The molecule has 1 aromatic carbocycles. The first kappa shape index (κ1) is 14.4. The van der Waals surface area contributed by atoms with Crippen molar-refractivity contribution in [3.8, 4) is 0 Å². The average Bonchev–Trinajstić information content (AvgIpc) is 3.14. The van der Waals surface area contributed by atoms with Crippen LogP contribution in [0, 0.1) is 5.82 Å². The van der Waals surface area contributed by atoms with Gasteiger partial charge in [-0.15, -0.1) is 0 Å². The number of benzene rings is 1. The Balaban J connectivity index is 1.69. The first-order chi connectivity index (χ1) is 9.91. The van der Waals surface area contributed by atoms with Gasteiger partial charge in [0.25, 0.3) is 5.91 Å². The molecule has 1 atom stereocenters. The molecule has 1 amide bonds. The number of nitrogens with zero attached hydrogens (tertiary/aromatic N) is 1. The fourth-order valence-electron chi connectivity index (χ4n) is 2.71. The van der Waals surface area contributed by atoms with Crippen LogP contribution in [0.2, 0.25) is 0 Å². The number of alkyl halides is 1. The molecule has 0 radical (unpaired) electrons. The van der Waals surface area contributed by atoms with Crippen LogP contribution in [0.25, 0.3) is 0 Å². The Morgan fingerprint density at radius 1 is 1.43 bits per heavy atom. The Morgan fingerprint density at radius 3 is 2.67 bits per heavy atom. The van der Waals surface area contributed by atoms with E-state index in [1.165, 1.54) is 31.5 Å². The van der Waals surface area contributed by atoms with Crippen LogP contribution in [0.15, 0.2) is 24.3 Å². The van der Waals surface area contributed by atoms with E-state index in [0.717, 1.165) is 38.5 Å². The van der Waals surface area contributed by atoms with E-state index in [2.05, 4.69) is 10.2 Å². The van der Waals surface area contributed by atoms with Gasteiger partial charge in [0, 0.05) is 12.1 Å². The molecule has 5 heteroatoms. The molecule has 2 aliphatic rings. The molecule has 21 heavy (non-hydrogen) atoms. The summed E-state index contributed by atoms with van der Waals surface area (Å²) in [5, 5.41) is 2.85. The van der Waals surface area contributed by atoms with E-state index in [4.69, 9.17) is 0 Å². The minimum absolute atomic E-state index is 0.0553. The largest absolute Gasteiger partial charge is 0.346 e. The second-order valence-corrected chi connectivity index (χ2v) is 6.38. The lowest BCUT2D eigenvalue weighted by atomic mass is 9.96. The van der Waals surface area contributed by atoms with Crippen LogP contribution in [0.5, 0.6) is 0 Å². The first-order valence-electron chi connectivity index (χ1n) is 7.41. The van der Waals surface area contributed by atoms with Crippen LogP contribution >= 0.6 is 0 Å². The highest BCUT2D eigenvalue weighted by atomic mass is 19.1. The molecule has 1 aliphatic carbocycles. The van der Waals surface area contributed by atoms with Gasteiger partial charge in [0.1, 0.15) is 5.82 Å². The fraction of sp³-hybridized carbons (Fsp3) is 0.562. The summed E-state index contributed by atoms with van der Waals surface area (Å²) in [6, 6.07) is 5.18. The minimum atomic E-state index is -2.22. The number of hydrogen-bond donors (Lipinski definition) is 1. The standard InChI is InChI=1S/C16H20F2N2O/c1-15(18,12-4-2-5-13(17)10-12)14(21)19-16(6-7-16)11-20-8-3-9-20/h2,4-5,10H,3,6-9,11H2,1H3,(H,19,21). The summed E-state index contributed by atoms with van der Waals surface area (Å²) < 4.78 is 28.0. The zero-order valence-electron chi connectivity index (χ0n) is 12.2. The van der Waals surface area contributed by atoms with E-state index in [0.29, 0.717) is 0 Å². The van der Waals surface area contributed by atoms with Gasteiger partial charge < -0.3 is 10.2 Å². The number of carbonyl (C=O) groups is 1. The summed E-state index contributed by atoms with van der Waals surface area (Å²) in [7, 11) is 0. The topological polar surface area (TPSA) is 32.3 Å². The lowest BCUT2D eigenvalue weighted by Gasteiger charge is -2.35. The lowest BCUT2D eigenvalue weighted by Crippen LogP contribution is -2.53. The highest BCUT2D eigenvalue weighted by Gasteiger charge is 2.49. The molecule has 114 valence electrons. The van der Waals surface area contributed by atoms with Crippen LogP contribution in [-0.2, 0) is 10.5 Å². The van der Waals surface area contributed by atoms with Crippen LogP contribution in [0.1, 0.15) is 31.7 Å². The van der Waals surface area contributed by atoms with Gasteiger partial charge in [-0.1, -0.05) is 12.1 Å². The summed E-state index contributed by atoms with van der Waals surface area (Å²) in [6.45, 7) is 4.08. The zero-order chi connectivity index (χ0) is 15.1. The molecule has 1 saturated heterocycles. The molecule has 1 N–H and O–H groups in total. The van der Waals surface area contributed by atoms with Gasteiger partial charge in [-0.2, -0.15) is 0 Å². The number of hydrogen-bond acceptors (Lipinski definition) is 2. The van der Waals surface area contributed by atoms with Gasteiger partial charge in [-0.25, -0.2) is 8.78 Å². The third-order valence-corrected chi connectivity index (χ3v) is 4.50.